The lowest BCUT2D eigenvalue weighted by Gasteiger charge is -2.14. The van der Waals surface area contributed by atoms with Crippen molar-refractivity contribution in [1.29, 1.82) is 0 Å². The summed E-state index contributed by atoms with van der Waals surface area (Å²) in [6, 6.07) is 17.8. The number of fused-ring (bicyclic) bond motifs is 1. The van der Waals surface area contributed by atoms with Gasteiger partial charge >= 0.3 is 0 Å². The van der Waals surface area contributed by atoms with Gasteiger partial charge in [0, 0.05) is 22.6 Å². The Hall–Kier alpha value is -3.19. The second-order valence-corrected chi connectivity index (χ2v) is 8.48. The first kappa shape index (κ1) is 20.1. The Bertz CT molecular complexity index is 1220. The molecule has 0 bridgehead atoms. The minimum absolute atomic E-state index is 0.0979. The minimum Gasteiger partial charge on any atom is -0.325 e. The zero-order chi connectivity index (χ0) is 21.3. The molecule has 30 heavy (non-hydrogen) atoms. The van der Waals surface area contributed by atoms with Crippen LogP contribution in [0.25, 0.3) is 16.9 Å². The summed E-state index contributed by atoms with van der Waals surface area (Å²) in [5.74, 6) is 0.458. The summed E-state index contributed by atoms with van der Waals surface area (Å²) in [5.41, 5.74) is 5.86. The Balaban J connectivity index is 1.53. The Morgan fingerprint density at radius 2 is 1.70 bits per heavy atom. The summed E-state index contributed by atoms with van der Waals surface area (Å²) < 4.78 is 1.74. The van der Waals surface area contributed by atoms with E-state index in [0.29, 0.717) is 10.9 Å². The van der Waals surface area contributed by atoms with E-state index in [4.69, 9.17) is 0 Å². The van der Waals surface area contributed by atoms with Crippen LogP contribution < -0.4 is 5.32 Å². The highest BCUT2D eigenvalue weighted by Crippen LogP contribution is 2.29. The fourth-order valence-corrected chi connectivity index (χ4v) is 3.94. The highest BCUT2D eigenvalue weighted by atomic mass is 32.2. The van der Waals surface area contributed by atoms with Crippen LogP contribution in [-0.2, 0) is 4.79 Å². The van der Waals surface area contributed by atoms with E-state index in [1.807, 2.05) is 82.3 Å². The number of nitrogens with one attached hydrogen (secondary N) is 1. The molecule has 1 amide bonds. The van der Waals surface area contributed by atoms with Gasteiger partial charge in [0.25, 0.3) is 5.78 Å². The maximum absolute atomic E-state index is 12.9. The van der Waals surface area contributed by atoms with Crippen LogP contribution in [0.5, 0.6) is 0 Å². The molecule has 0 saturated heterocycles. The number of carbonyl (C=O) groups is 1. The quantitative estimate of drug-likeness (QED) is 0.471. The smallest absolute Gasteiger partial charge is 0.253 e. The van der Waals surface area contributed by atoms with Gasteiger partial charge in [0.2, 0.25) is 11.1 Å². The van der Waals surface area contributed by atoms with Gasteiger partial charge in [0.05, 0.1) is 5.25 Å². The maximum Gasteiger partial charge on any atom is 0.253 e. The second-order valence-electron chi connectivity index (χ2n) is 7.17. The molecule has 1 N–H and O–H groups in total. The zero-order valence-electron chi connectivity index (χ0n) is 17.4. The summed E-state index contributed by atoms with van der Waals surface area (Å²) in [5, 5.41) is 7.76. The SMILES string of the molecule is Cc1nc2nc(SC(C)C(=O)Nc3ccccc3-c3ccccc3)nn2c(C)c1C. The van der Waals surface area contributed by atoms with Crippen LogP contribution in [0.3, 0.4) is 0 Å². The van der Waals surface area contributed by atoms with Crippen molar-refractivity contribution in [2.75, 3.05) is 5.32 Å². The molecule has 152 valence electrons. The molecule has 0 spiro atoms. The number of benzene rings is 2. The molecule has 0 aliphatic carbocycles. The number of carbonyl (C=O) groups excluding carboxylic acids is 1. The molecule has 1 atom stereocenters. The lowest BCUT2D eigenvalue weighted by Crippen LogP contribution is -2.22. The van der Waals surface area contributed by atoms with E-state index in [2.05, 4.69) is 20.4 Å². The number of para-hydroxylation sites is 1. The first-order chi connectivity index (χ1) is 14.4. The Morgan fingerprint density at radius 3 is 2.47 bits per heavy atom. The van der Waals surface area contributed by atoms with Crippen LogP contribution in [0.1, 0.15) is 23.9 Å². The first-order valence-corrected chi connectivity index (χ1v) is 10.6. The molecule has 6 nitrogen and oxygen atoms in total. The summed E-state index contributed by atoms with van der Waals surface area (Å²) in [6.07, 6.45) is 0. The van der Waals surface area contributed by atoms with Gasteiger partial charge in [-0.25, -0.2) is 9.50 Å². The van der Waals surface area contributed by atoms with Crippen molar-refractivity contribution in [3.05, 3.63) is 71.5 Å². The van der Waals surface area contributed by atoms with Crippen molar-refractivity contribution in [3.8, 4) is 11.1 Å². The summed E-state index contributed by atoms with van der Waals surface area (Å²) in [7, 11) is 0. The average molecular weight is 418 g/mol. The van der Waals surface area contributed by atoms with E-state index in [0.717, 1.165) is 33.8 Å². The maximum atomic E-state index is 12.9. The normalized spacial score (nSPS) is 12.1. The van der Waals surface area contributed by atoms with Crippen molar-refractivity contribution in [1.82, 2.24) is 19.6 Å². The van der Waals surface area contributed by atoms with Gasteiger partial charge < -0.3 is 5.32 Å². The summed E-state index contributed by atoms with van der Waals surface area (Å²) in [6.45, 7) is 7.83. The van der Waals surface area contributed by atoms with E-state index < -0.39 is 0 Å². The third kappa shape index (κ3) is 3.93. The molecule has 0 aliphatic heterocycles. The standard InChI is InChI=1S/C23H23N5OS/c1-14-15(2)24-22-26-23(27-28(22)16(14)3)30-17(4)21(29)25-20-13-9-8-12-19(20)18-10-6-5-7-11-18/h5-13,17H,1-4H3,(H,25,29). The number of hydrogen-bond acceptors (Lipinski definition) is 5. The van der Waals surface area contributed by atoms with Crippen molar-refractivity contribution in [3.63, 3.8) is 0 Å². The van der Waals surface area contributed by atoms with Gasteiger partial charge in [-0.2, -0.15) is 4.98 Å². The molecule has 2 aromatic carbocycles. The van der Waals surface area contributed by atoms with Gasteiger partial charge in [-0.05, 0) is 44.9 Å². The molecule has 0 radical (unpaired) electrons. The van der Waals surface area contributed by atoms with Crippen LogP contribution in [-0.4, -0.2) is 30.7 Å². The van der Waals surface area contributed by atoms with Crippen LogP contribution in [0.15, 0.2) is 59.8 Å². The molecule has 2 aromatic heterocycles. The van der Waals surface area contributed by atoms with Gasteiger partial charge in [-0.1, -0.05) is 60.3 Å². The van der Waals surface area contributed by atoms with Crippen molar-refractivity contribution in [2.45, 2.75) is 38.1 Å². The van der Waals surface area contributed by atoms with Crippen molar-refractivity contribution < 1.29 is 4.79 Å². The van der Waals surface area contributed by atoms with E-state index in [1.165, 1.54) is 11.8 Å². The molecule has 0 aliphatic rings. The molecule has 2 heterocycles. The predicted octanol–water partition coefficient (Wildman–Crippen LogP) is 4.84. The average Bonchev–Trinajstić information content (AvgIpc) is 3.15. The van der Waals surface area contributed by atoms with Gasteiger partial charge in [0.1, 0.15) is 0 Å². The topological polar surface area (TPSA) is 72.2 Å². The Kier molecular flexibility index (Phi) is 5.55. The molecule has 7 heteroatoms. The predicted molar refractivity (Wildman–Crippen MR) is 121 cm³/mol. The number of aromatic nitrogens is 4. The van der Waals surface area contributed by atoms with Crippen LogP contribution in [0, 0.1) is 20.8 Å². The van der Waals surface area contributed by atoms with Gasteiger partial charge in [0.15, 0.2) is 0 Å². The number of rotatable bonds is 5. The van der Waals surface area contributed by atoms with Crippen molar-refractivity contribution >= 4 is 29.1 Å². The molecule has 0 fully saturated rings. The van der Waals surface area contributed by atoms with E-state index in [-0.39, 0.29) is 11.2 Å². The van der Waals surface area contributed by atoms with Gasteiger partial charge in [-0.15, -0.1) is 5.10 Å². The largest absolute Gasteiger partial charge is 0.325 e. The number of thioether (sulfide) groups is 1. The lowest BCUT2D eigenvalue weighted by atomic mass is 10.0. The van der Waals surface area contributed by atoms with Crippen molar-refractivity contribution in [2.24, 2.45) is 0 Å². The third-order valence-electron chi connectivity index (χ3n) is 5.16. The molecule has 4 aromatic rings. The number of nitrogens with zero attached hydrogens (tertiary/aromatic N) is 4. The first-order valence-electron chi connectivity index (χ1n) is 9.76. The number of aryl methyl sites for hydroxylation is 2. The monoisotopic (exact) mass is 417 g/mol. The van der Waals surface area contributed by atoms with E-state index in [1.54, 1.807) is 4.52 Å². The van der Waals surface area contributed by atoms with Crippen LogP contribution in [0.4, 0.5) is 5.69 Å². The van der Waals surface area contributed by atoms with Gasteiger partial charge in [-0.3, -0.25) is 4.79 Å². The molecular formula is C23H23N5OS. The highest BCUT2D eigenvalue weighted by Gasteiger charge is 2.20. The summed E-state index contributed by atoms with van der Waals surface area (Å²) in [4.78, 5) is 21.9. The Morgan fingerprint density at radius 1 is 1.00 bits per heavy atom. The number of anilines is 1. The third-order valence-corrected chi connectivity index (χ3v) is 6.11. The minimum atomic E-state index is -0.367. The Labute approximate surface area is 179 Å². The lowest BCUT2D eigenvalue weighted by molar-refractivity contribution is -0.115. The number of amides is 1. The second kappa shape index (κ2) is 8.28. The molecule has 1 unspecified atom stereocenters. The highest BCUT2D eigenvalue weighted by molar-refractivity contribution is 8.00. The zero-order valence-corrected chi connectivity index (χ0v) is 18.2. The van der Waals surface area contributed by atoms with E-state index >= 15 is 0 Å². The fraction of sp³-hybridized carbons (Fsp3) is 0.217. The molecule has 0 saturated carbocycles. The van der Waals surface area contributed by atoms with Crippen LogP contribution in [0.2, 0.25) is 0 Å². The summed E-state index contributed by atoms with van der Waals surface area (Å²) >= 11 is 1.32. The van der Waals surface area contributed by atoms with E-state index in [9.17, 15) is 4.79 Å². The molecular weight excluding hydrogens is 394 g/mol. The fourth-order valence-electron chi connectivity index (χ4n) is 3.19. The molecule has 4 rings (SSSR count). The van der Waals surface area contributed by atoms with Crippen LogP contribution >= 0.6 is 11.8 Å². The number of hydrogen-bond donors (Lipinski definition) is 1.